The van der Waals surface area contributed by atoms with Crippen LogP contribution in [-0.4, -0.2) is 18.2 Å². The average molecular weight is 372 g/mol. The number of para-hydroxylation sites is 1. The number of nitrogens with zero attached hydrogens (tertiary/aromatic N) is 1. The van der Waals surface area contributed by atoms with Crippen molar-refractivity contribution >= 4 is 33.9 Å². The Hall–Kier alpha value is -3.60. The van der Waals surface area contributed by atoms with Crippen LogP contribution in [0.4, 0.5) is 0 Å². The van der Waals surface area contributed by atoms with Crippen LogP contribution in [0.25, 0.3) is 21.7 Å². The number of rotatable bonds is 5. The highest BCUT2D eigenvalue weighted by molar-refractivity contribution is 6.08. The van der Waals surface area contributed by atoms with Gasteiger partial charge in [-0.05, 0) is 48.9 Å². The van der Waals surface area contributed by atoms with Crippen LogP contribution in [0.2, 0.25) is 0 Å². The van der Waals surface area contributed by atoms with E-state index in [0.717, 1.165) is 21.7 Å². The highest BCUT2D eigenvalue weighted by Crippen LogP contribution is 2.28. The molecule has 0 radical (unpaired) electrons. The Bertz CT molecular complexity index is 1170. The van der Waals surface area contributed by atoms with E-state index in [1.54, 1.807) is 12.3 Å². The Balaban J connectivity index is 1.55. The predicted molar refractivity (Wildman–Crippen MR) is 111 cm³/mol. The van der Waals surface area contributed by atoms with Gasteiger partial charge >= 0.3 is 5.91 Å². The second-order valence-electron chi connectivity index (χ2n) is 6.71. The topological polar surface area (TPSA) is 63.8 Å². The molecule has 1 N–H and O–H groups in total. The van der Waals surface area contributed by atoms with E-state index in [4.69, 9.17) is 9.15 Å². The Labute approximate surface area is 162 Å². The van der Waals surface area contributed by atoms with E-state index < -0.39 is 5.91 Å². The highest BCUT2D eigenvalue weighted by atomic mass is 16.5. The maximum absolute atomic E-state index is 12.5. The minimum absolute atomic E-state index is 0.0505. The first kappa shape index (κ1) is 17.8. The van der Waals surface area contributed by atoms with Crippen molar-refractivity contribution in [3.05, 3.63) is 78.1 Å². The molecule has 0 saturated heterocycles. The molecule has 0 bridgehead atoms. The van der Waals surface area contributed by atoms with Gasteiger partial charge in [-0.25, -0.2) is 5.43 Å². The first-order valence-electron chi connectivity index (χ1n) is 9.12. The van der Waals surface area contributed by atoms with Crippen LogP contribution < -0.4 is 10.2 Å². The summed E-state index contributed by atoms with van der Waals surface area (Å²) in [4.78, 5) is 12.5. The van der Waals surface area contributed by atoms with Gasteiger partial charge in [0, 0.05) is 10.9 Å². The minimum atomic E-state index is -0.404. The molecule has 0 fully saturated rings. The molecule has 5 heteroatoms. The molecular formula is C23H20N2O3. The number of carbonyl (C=O) groups excluding carboxylic acids is 1. The van der Waals surface area contributed by atoms with Gasteiger partial charge in [0.05, 0.1) is 12.3 Å². The zero-order valence-corrected chi connectivity index (χ0v) is 15.7. The van der Waals surface area contributed by atoms with Gasteiger partial charge in [-0.15, -0.1) is 0 Å². The molecule has 0 aliphatic carbocycles. The lowest BCUT2D eigenvalue weighted by atomic mass is 10.1. The van der Waals surface area contributed by atoms with Gasteiger partial charge < -0.3 is 9.15 Å². The summed E-state index contributed by atoms with van der Waals surface area (Å²) >= 11 is 0. The van der Waals surface area contributed by atoms with Gasteiger partial charge in [0.25, 0.3) is 0 Å². The number of nitrogens with one attached hydrogen (secondary N) is 1. The van der Waals surface area contributed by atoms with Crippen molar-refractivity contribution in [2.75, 3.05) is 0 Å². The predicted octanol–water partition coefficient (Wildman–Crippen LogP) is 5.14. The van der Waals surface area contributed by atoms with Crippen molar-refractivity contribution in [2.45, 2.75) is 20.0 Å². The van der Waals surface area contributed by atoms with Crippen molar-refractivity contribution in [1.82, 2.24) is 5.43 Å². The Morgan fingerprint density at radius 2 is 1.82 bits per heavy atom. The molecule has 0 aliphatic rings. The molecule has 0 aliphatic heterocycles. The summed E-state index contributed by atoms with van der Waals surface area (Å²) in [6.45, 7) is 3.92. The molecule has 0 saturated carbocycles. The summed E-state index contributed by atoms with van der Waals surface area (Å²) in [6, 6.07) is 21.1. The van der Waals surface area contributed by atoms with Crippen LogP contribution in [-0.2, 0) is 0 Å². The second kappa shape index (κ2) is 7.56. The van der Waals surface area contributed by atoms with Gasteiger partial charge in [0.1, 0.15) is 11.3 Å². The van der Waals surface area contributed by atoms with Gasteiger partial charge in [0.2, 0.25) is 0 Å². The lowest BCUT2D eigenvalue weighted by molar-refractivity contribution is 0.0929. The van der Waals surface area contributed by atoms with Gasteiger partial charge in [0.15, 0.2) is 5.76 Å². The zero-order valence-electron chi connectivity index (χ0n) is 15.7. The largest absolute Gasteiger partial charge is 0.490 e. The molecule has 28 heavy (non-hydrogen) atoms. The number of fused-ring (bicyclic) bond motifs is 3. The monoisotopic (exact) mass is 372 g/mol. The summed E-state index contributed by atoms with van der Waals surface area (Å²) < 4.78 is 11.5. The highest BCUT2D eigenvalue weighted by Gasteiger charge is 2.13. The molecular weight excluding hydrogens is 352 g/mol. The maximum Gasteiger partial charge on any atom is 0.307 e. The molecule has 0 unspecified atom stereocenters. The van der Waals surface area contributed by atoms with E-state index in [2.05, 4.69) is 10.5 Å². The van der Waals surface area contributed by atoms with Gasteiger partial charge in [-0.3, -0.25) is 4.79 Å². The fraction of sp³-hybridized carbons (Fsp3) is 0.130. The normalized spacial score (nSPS) is 11.5. The number of hydrogen-bond donors (Lipinski definition) is 1. The fourth-order valence-corrected chi connectivity index (χ4v) is 3.07. The number of hydrogen-bond acceptors (Lipinski definition) is 4. The maximum atomic E-state index is 12.5. The summed E-state index contributed by atoms with van der Waals surface area (Å²) in [7, 11) is 0. The smallest absolute Gasteiger partial charge is 0.307 e. The summed E-state index contributed by atoms with van der Waals surface area (Å²) in [5.74, 6) is 0.528. The molecule has 1 amide bonds. The Morgan fingerprint density at radius 1 is 1.04 bits per heavy atom. The zero-order chi connectivity index (χ0) is 19.5. The first-order valence-corrected chi connectivity index (χ1v) is 9.12. The first-order chi connectivity index (χ1) is 13.6. The number of carbonyl (C=O) groups is 1. The van der Waals surface area contributed by atoms with E-state index >= 15 is 0 Å². The van der Waals surface area contributed by atoms with Crippen LogP contribution in [0.5, 0.6) is 5.75 Å². The molecule has 0 spiro atoms. The number of ether oxygens (including phenoxy) is 1. The lowest BCUT2D eigenvalue weighted by Crippen LogP contribution is -2.17. The third kappa shape index (κ3) is 3.60. The Kier molecular flexibility index (Phi) is 4.81. The number of benzene rings is 3. The van der Waals surface area contributed by atoms with Crippen LogP contribution in [0.1, 0.15) is 30.0 Å². The standard InChI is InChI=1S/C23H20N2O3/c1-15(2)27-20-10-6-4-8-17(20)14-24-25-23(26)22-13-19-18-9-5-3-7-16(18)11-12-21(19)28-22/h3-15H,1-2H3,(H,25,26). The molecule has 0 atom stereocenters. The van der Waals surface area contributed by atoms with Crippen molar-refractivity contribution < 1.29 is 13.9 Å². The third-order valence-corrected chi connectivity index (χ3v) is 4.30. The van der Waals surface area contributed by atoms with E-state index in [1.807, 2.05) is 74.5 Å². The average Bonchev–Trinajstić information content (AvgIpc) is 3.14. The van der Waals surface area contributed by atoms with Crippen molar-refractivity contribution in [1.29, 1.82) is 0 Å². The minimum Gasteiger partial charge on any atom is -0.490 e. The number of amides is 1. The summed E-state index contributed by atoms with van der Waals surface area (Å²) in [5, 5.41) is 7.11. The van der Waals surface area contributed by atoms with Crippen LogP contribution >= 0.6 is 0 Å². The van der Waals surface area contributed by atoms with E-state index in [9.17, 15) is 4.79 Å². The van der Waals surface area contributed by atoms with E-state index in [-0.39, 0.29) is 11.9 Å². The van der Waals surface area contributed by atoms with E-state index in [0.29, 0.717) is 11.3 Å². The van der Waals surface area contributed by atoms with Crippen LogP contribution in [0.15, 0.2) is 76.2 Å². The molecule has 4 rings (SSSR count). The van der Waals surface area contributed by atoms with Crippen molar-refractivity contribution in [3.8, 4) is 5.75 Å². The fourth-order valence-electron chi connectivity index (χ4n) is 3.07. The SMILES string of the molecule is CC(C)Oc1ccccc1C=NNC(=O)c1cc2c(ccc3ccccc32)o1. The summed E-state index contributed by atoms with van der Waals surface area (Å²) in [5.41, 5.74) is 3.97. The number of hydrazone groups is 1. The van der Waals surface area contributed by atoms with E-state index in [1.165, 1.54) is 0 Å². The van der Waals surface area contributed by atoms with Crippen LogP contribution in [0, 0.1) is 0 Å². The molecule has 1 heterocycles. The van der Waals surface area contributed by atoms with Crippen molar-refractivity contribution in [2.24, 2.45) is 5.10 Å². The molecule has 140 valence electrons. The quantitative estimate of drug-likeness (QED) is 0.390. The van der Waals surface area contributed by atoms with Gasteiger partial charge in [-0.2, -0.15) is 5.10 Å². The third-order valence-electron chi connectivity index (χ3n) is 4.30. The van der Waals surface area contributed by atoms with Crippen LogP contribution in [0.3, 0.4) is 0 Å². The Morgan fingerprint density at radius 3 is 2.68 bits per heavy atom. The summed E-state index contributed by atoms with van der Waals surface area (Å²) in [6.07, 6.45) is 1.61. The molecule has 3 aromatic carbocycles. The second-order valence-corrected chi connectivity index (χ2v) is 6.71. The van der Waals surface area contributed by atoms with Crippen molar-refractivity contribution in [3.63, 3.8) is 0 Å². The lowest BCUT2D eigenvalue weighted by Gasteiger charge is -2.11. The van der Waals surface area contributed by atoms with Gasteiger partial charge in [-0.1, -0.05) is 42.5 Å². The molecule has 1 aromatic heterocycles. The molecule has 5 nitrogen and oxygen atoms in total. The molecule has 4 aromatic rings. The number of furan rings is 1.